The Morgan fingerprint density at radius 3 is 3.07 bits per heavy atom. The molecule has 1 N–H and O–H groups in total. The summed E-state index contributed by atoms with van der Waals surface area (Å²) in [5.41, 5.74) is 2.06. The average molecular weight is 224 g/mol. The van der Waals surface area contributed by atoms with Crippen LogP contribution in [-0.4, -0.2) is 6.54 Å². The molecule has 0 spiro atoms. The van der Waals surface area contributed by atoms with E-state index in [2.05, 4.69) is 12.2 Å². The van der Waals surface area contributed by atoms with Crippen molar-refractivity contribution in [3.05, 3.63) is 35.0 Å². The summed E-state index contributed by atoms with van der Waals surface area (Å²) < 4.78 is 5.44. The minimum atomic E-state index is 0.751. The Morgan fingerprint density at radius 2 is 2.27 bits per heavy atom. The van der Waals surface area contributed by atoms with Gasteiger partial charge in [-0.25, -0.2) is 0 Å². The molecule has 1 heterocycles. The first-order valence-electron chi connectivity index (χ1n) is 5.17. The number of halogens is 1. The zero-order chi connectivity index (χ0) is 10.7. The Balaban J connectivity index is 2.23. The lowest BCUT2D eigenvalue weighted by Gasteiger charge is -2.00. The van der Waals surface area contributed by atoms with Crippen LogP contribution in [0.3, 0.4) is 0 Å². The van der Waals surface area contributed by atoms with Crippen molar-refractivity contribution in [3.8, 4) is 0 Å². The Kier molecular flexibility index (Phi) is 3.29. The molecule has 0 unspecified atom stereocenters. The fraction of sp³-hybridized carbons (Fsp3) is 0.333. The van der Waals surface area contributed by atoms with Crippen LogP contribution in [0.15, 0.2) is 28.9 Å². The van der Waals surface area contributed by atoms with Crippen molar-refractivity contribution in [2.45, 2.75) is 19.9 Å². The standard InChI is InChI=1S/C12H14ClNO/c1-2-5-14-7-9-8-15-12-4-3-10(13)6-11(9)12/h3-4,6,8,14H,2,5,7H2,1H3. The van der Waals surface area contributed by atoms with E-state index in [-0.39, 0.29) is 0 Å². The predicted octanol–water partition coefficient (Wildman–Crippen LogP) is 3.59. The summed E-state index contributed by atoms with van der Waals surface area (Å²) in [5.74, 6) is 0. The molecule has 0 bridgehead atoms. The largest absolute Gasteiger partial charge is 0.464 e. The average Bonchev–Trinajstić information content (AvgIpc) is 2.62. The van der Waals surface area contributed by atoms with Crippen molar-refractivity contribution in [2.75, 3.05) is 6.54 Å². The Bertz CT molecular complexity index is 450. The van der Waals surface area contributed by atoms with Gasteiger partial charge in [-0.05, 0) is 31.2 Å². The number of hydrogen-bond acceptors (Lipinski definition) is 2. The Labute approximate surface area is 94.2 Å². The summed E-state index contributed by atoms with van der Waals surface area (Å²) in [7, 11) is 0. The van der Waals surface area contributed by atoms with Crippen LogP contribution >= 0.6 is 11.6 Å². The first-order valence-corrected chi connectivity index (χ1v) is 5.55. The molecule has 0 aliphatic carbocycles. The third kappa shape index (κ3) is 2.33. The lowest BCUT2D eigenvalue weighted by atomic mass is 10.2. The first-order chi connectivity index (χ1) is 7.31. The highest BCUT2D eigenvalue weighted by Crippen LogP contribution is 2.24. The second-order valence-corrected chi connectivity index (χ2v) is 4.01. The molecule has 80 valence electrons. The quantitative estimate of drug-likeness (QED) is 0.802. The van der Waals surface area contributed by atoms with Crippen LogP contribution in [0, 0.1) is 0 Å². The van der Waals surface area contributed by atoms with Crippen LogP contribution in [0.5, 0.6) is 0 Å². The lowest BCUT2D eigenvalue weighted by molar-refractivity contribution is 0.601. The lowest BCUT2D eigenvalue weighted by Crippen LogP contribution is -2.13. The van der Waals surface area contributed by atoms with Crippen LogP contribution < -0.4 is 5.32 Å². The van der Waals surface area contributed by atoms with Crippen molar-refractivity contribution in [1.82, 2.24) is 5.32 Å². The minimum Gasteiger partial charge on any atom is -0.464 e. The summed E-state index contributed by atoms with van der Waals surface area (Å²) in [6, 6.07) is 5.70. The summed E-state index contributed by atoms with van der Waals surface area (Å²) in [5, 5.41) is 5.20. The molecule has 0 aliphatic heterocycles. The van der Waals surface area contributed by atoms with Gasteiger partial charge in [0.2, 0.25) is 0 Å². The molecule has 1 aromatic carbocycles. The summed E-state index contributed by atoms with van der Waals surface area (Å²) in [6.45, 7) is 4.01. The number of nitrogens with one attached hydrogen (secondary N) is 1. The van der Waals surface area contributed by atoms with Crippen molar-refractivity contribution in [3.63, 3.8) is 0 Å². The molecule has 0 aliphatic rings. The molecule has 0 amide bonds. The molecule has 2 rings (SSSR count). The van der Waals surface area contributed by atoms with Crippen LogP contribution in [0.2, 0.25) is 5.02 Å². The zero-order valence-electron chi connectivity index (χ0n) is 8.72. The van der Waals surface area contributed by atoms with Gasteiger partial charge in [0.15, 0.2) is 0 Å². The number of hydrogen-bond donors (Lipinski definition) is 1. The minimum absolute atomic E-state index is 0.751. The molecule has 3 heteroatoms. The number of fused-ring (bicyclic) bond motifs is 1. The second kappa shape index (κ2) is 4.69. The molecule has 15 heavy (non-hydrogen) atoms. The summed E-state index contributed by atoms with van der Waals surface area (Å²) >= 11 is 5.95. The fourth-order valence-electron chi connectivity index (χ4n) is 1.59. The molecule has 2 aromatic rings. The molecular formula is C12H14ClNO. The van der Waals surface area contributed by atoms with E-state index in [0.717, 1.165) is 35.5 Å². The smallest absolute Gasteiger partial charge is 0.134 e. The normalized spacial score (nSPS) is 11.1. The van der Waals surface area contributed by atoms with Gasteiger partial charge in [0.1, 0.15) is 5.58 Å². The molecule has 2 nitrogen and oxygen atoms in total. The van der Waals surface area contributed by atoms with Gasteiger partial charge < -0.3 is 9.73 Å². The van der Waals surface area contributed by atoms with Gasteiger partial charge in [0, 0.05) is 22.5 Å². The van der Waals surface area contributed by atoms with Crippen LogP contribution in [-0.2, 0) is 6.54 Å². The van der Waals surface area contributed by atoms with Crippen molar-refractivity contribution in [2.24, 2.45) is 0 Å². The third-order valence-corrected chi connectivity index (χ3v) is 2.59. The van der Waals surface area contributed by atoms with Crippen molar-refractivity contribution >= 4 is 22.6 Å². The number of benzene rings is 1. The van der Waals surface area contributed by atoms with E-state index in [1.807, 2.05) is 18.2 Å². The van der Waals surface area contributed by atoms with E-state index in [4.69, 9.17) is 16.0 Å². The highest BCUT2D eigenvalue weighted by atomic mass is 35.5. The molecule has 0 saturated carbocycles. The van der Waals surface area contributed by atoms with Crippen molar-refractivity contribution < 1.29 is 4.42 Å². The number of rotatable bonds is 4. The SMILES string of the molecule is CCCNCc1coc2ccc(Cl)cc12. The Hall–Kier alpha value is -0.990. The van der Waals surface area contributed by atoms with E-state index >= 15 is 0 Å². The van der Waals surface area contributed by atoms with E-state index in [9.17, 15) is 0 Å². The maximum absolute atomic E-state index is 5.95. The molecule has 0 atom stereocenters. The topological polar surface area (TPSA) is 25.2 Å². The van der Waals surface area contributed by atoms with E-state index < -0.39 is 0 Å². The molecule has 1 aromatic heterocycles. The van der Waals surface area contributed by atoms with E-state index in [0.29, 0.717) is 0 Å². The van der Waals surface area contributed by atoms with Crippen LogP contribution in [0.1, 0.15) is 18.9 Å². The van der Waals surface area contributed by atoms with Gasteiger partial charge in [-0.15, -0.1) is 0 Å². The highest BCUT2D eigenvalue weighted by molar-refractivity contribution is 6.31. The Morgan fingerprint density at radius 1 is 1.40 bits per heavy atom. The summed E-state index contributed by atoms with van der Waals surface area (Å²) in [4.78, 5) is 0. The molecule has 0 radical (unpaired) electrons. The first kappa shape index (κ1) is 10.5. The van der Waals surface area contributed by atoms with Gasteiger partial charge in [-0.3, -0.25) is 0 Å². The van der Waals surface area contributed by atoms with Gasteiger partial charge in [-0.1, -0.05) is 18.5 Å². The van der Waals surface area contributed by atoms with Crippen LogP contribution in [0.25, 0.3) is 11.0 Å². The fourth-order valence-corrected chi connectivity index (χ4v) is 1.76. The molecule has 0 fully saturated rings. The highest BCUT2D eigenvalue weighted by Gasteiger charge is 2.05. The number of furan rings is 1. The van der Waals surface area contributed by atoms with Gasteiger partial charge >= 0.3 is 0 Å². The maximum Gasteiger partial charge on any atom is 0.134 e. The van der Waals surface area contributed by atoms with Gasteiger partial charge in [0.05, 0.1) is 6.26 Å². The van der Waals surface area contributed by atoms with Gasteiger partial charge in [0.25, 0.3) is 0 Å². The van der Waals surface area contributed by atoms with Gasteiger partial charge in [-0.2, -0.15) is 0 Å². The third-order valence-electron chi connectivity index (χ3n) is 2.36. The summed E-state index contributed by atoms with van der Waals surface area (Å²) in [6.07, 6.45) is 2.93. The van der Waals surface area contributed by atoms with Crippen LogP contribution in [0.4, 0.5) is 0 Å². The maximum atomic E-state index is 5.95. The van der Waals surface area contributed by atoms with Crippen molar-refractivity contribution in [1.29, 1.82) is 0 Å². The zero-order valence-corrected chi connectivity index (χ0v) is 9.47. The van der Waals surface area contributed by atoms with E-state index in [1.54, 1.807) is 6.26 Å². The second-order valence-electron chi connectivity index (χ2n) is 3.58. The monoisotopic (exact) mass is 223 g/mol. The predicted molar refractivity (Wildman–Crippen MR) is 63.2 cm³/mol. The van der Waals surface area contributed by atoms with E-state index in [1.165, 1.54) is 5.56 Å². The molecular weight excluding hydrogens is 210 g/mol. The molecule has 0 saturated heterocycles.